The van der Waals surface area contributed by atoms with Crippen molar-refractivity contribution in [1.82, 2.24) is 10.3 Å². The van der Waals surface area contributed by atoms with E-state index in [1.54, 1.807) is 0 Å². The van der Waals surface area contributed by atoms with E-state index in [0.29, 0.717) is 5.92 Å². The highest BCUT2D eigenvalue weighted by molar-refractivity contribution is 9.10. The molecule has 1 N–H and O–H groups in total. The van der Waals surface area contributed by atoms with E-state index < -0.39 is 0 Å². The Bertz CT molecular complexity index is 252. The SMILES string of the molecule is Brc1ccc([C@H]2CCNC2)nc1. The van der Waals surface area contributed by atoms with Gasteiger partial charge in [0.1, 0.15) is 0 Å². The molecule has 2 heterocycles. The third kappa shape index (κ3) is 1.67. The van der Waals surface area contributed by atoms with E-state index in [0.717, 1.165) is 17.6 Å². The molecule has 0 radical (unpaired) electrons. The fourth-order valence-corrected chi connectivity index (χ4v) is 1.77. The fourth-order valence-electron chi connectivity index (χ4n) is 1.54. The predicted molar refractivity (Wildman–Crippen MR) is 52.2 cm³/mol. The van der Waals surface area contributed by atoms with Gasteiger partial charge in [-0.2, -0.15) is 0 Å². The molecule has 2 rings (SSSR count). The van der Waals surface area contributed by atoms with Gasteiger partial charge in [-0.25, -0.2) is 0 Å². The molecule has 0 saturated carbocycles. The Morgan fingerprint density at radius 3 is 3.00 bits per heavy atom. The highest BCUT2D eigenvalue weighted by Crippen LogP contribution is 2.21. The highest BCUT2D eigenvalue weighted by Gasteiger charge is 2.16. The van der Waals surface area contributed by atoms with Crippen LogP contribution in [-0.2, 0) is 0 Å². The van der Waals surface area contributed by atoms with E-state index in [4.69, 9.17) is 0 Å². The minimum absolute atomic E-state index is 0.623. The summed E-state index contributed by atoms with van der Waals surface area (Å²) in [4.78, 5) is 4.37. The van der Waals surface area contributed by atoms with Crippen LogP contribution in [0.25, 0.3) is 0 Å². The fraction of sp³-hybridized carbons (Fsp3) is 0.444. The summed E-state index contributed by atoms with van der Waals surface area (Å²) in [7, 11) is 0. The molecule has 1 aliphatic heterocycles. The lowest BCUT2D eigenvalue weighted by atomic mass is 10.0. The van der Waals surface area contributed by atoms with Crippen LogP contribution in [0.4, 0.5) is 0 Å². The Hall–Kier alpha value is -0.410. The molecule has 0 aliphatic carbocycles. The zero-order chi connectivity index (χ0) is 8.39. The third-order valence-electron chi connectivity index (χ3n) is 2.23. The lowest BCUT2D eigenvalue weighted by Crippen LogP contribution is -2.08. The van der Waals surface area contributed by atoms with Gasteiger partial charge in [-0.15, -0.1) is 0 Å². The van der Waals surface area contributed by atoms with E-state index in [9.17, 15) is 0 Å². The van der Waals surface area contributed by atoms with Gasteiger partial charge in [0.25, 0.3) is 0 Å². The molecule has 0 spiro atoms. The first kappa shape index (κ1) is 8.20. The average molecular weight is 227 g/mol. The maximum Gasteiger partial charge on any atom is 0.0448 e. The molecule has 1 atom stereocenters. The molecule has 1 aromatic rings. The van der Waals surface area contributed by atoms with Crippen molar-refractivity contribution < 1.29 is 0 Å². The molecule has 1 aliphatic rings. The number of nitrogens with zero attached hydrogens (tertiary/aromatic N) is 1. The van der Waals surface area contributed by atoms with Crippen molar-refractivity contribution in [2.24, 2.45) is 0 Å². The quantitative estimate of drug-likeness (QED) is 0.792. The van der Waals surface area contributed by atoms with Gasteiger partial charge in [0.15, 0.2) is 0 Å². The van der Waals surface area contributed by atoms with Gasteiger partial charge in [-0.3, -0.25) is 4.98 Å². The number of aromatic nitrogens is 1. The number of hydrogen-bond acceptors (Lipinski definition) is 2. The van der Waals surface area contributed by atoms with E-state index in [1.165, 1.54) is 12.1 Å². The van der Waals surface area contributed by atoms with Crippen molar-refractivity contribution in [3.05, 3.63) is 28.5 Å². The Morgan fingerprint density at radius 2 is 2.42 bits per heavy atom. The van der Waals surface area contributed by atoms with Gasteiger partial charge < -0.3 is 5.32 Å². The second-order valence-corrected chi connectivity index (χ2v) is 4.01. The molecule has 0 amide bonds. The summed E-state index contributed by atoms with van der Waals surface area (Å²) in [6.45, 7) is 2.21. The lowest BCUT2D eigenvalue weighted by molar-refractivity contribution is 0.734. The molecule has 1 aromatic heterocycles. The normalized spacial score (nSPS) is 22.9. The minimum Gasteiger partial charge on any atom is -0.316 e. The topological polar surface area (TPSA) is 24.9 Å². The Kier molecular flexibility index (Phi) is 2.42. The first-order valence-electron chi connectivity index (χ1n) is 4.18. The first-order valence-corrected chi connectivity index (χ1v) is 4.98. The molecule has 12 heavy (non-hydrogen) atoms. The molecule has 64 valence electrons. The van der Waals surface area contributed by atoms with Crippen molar-refractivity contribution in [2.45, 2.75) is 12.3 Å². The molecular weight excluding hydrogens is 216 g/mol. The highest BCUT2D eigenvalue weighted by atomic mass is 79.9. The molecule has 1 fully saturated rings. The van der Waals surface area contributed by atoms with Crippen LogP contribution in [0, 0.1) is 0 Å². The van der Waals surface area contributed by atoms with Crippen LogP contribution in [0.15, 0.2) is 22.8 Å². The van der Waals surface area contributed by atoms with Crippen molar-refractivity contribution in [3.63, 3.8) is 0 Å². The molecule has 0 unspecified atom stereocenters. The van der Waals surface area contributed by atoms with E-state index in [1.807, 2.05) is 6.20 Å². The molecular formula is C9H11BrN2. The van der Waals surface area contributed by atoms with Crippen LogP contribution in [0.2, 0.25) is 0 Å². The molecule has 0 bridgehead atoms. The average Bonchev–Trinajstić information content (AvgIpc) is 2.58. The summed E-state index contributed by atoms with van der Waals surface area (Å²) in [5, 5.41) is 3.33. The Balaban J connectivity index is 2.17. The van der Waals surface area contributed by atoms with E-state index in [2.05, 4.69) is 38.4 Å². The molecule has 3 heteroatoms. The summed E-state index contributed by atoms with van der Waals surface area (Å²) in [5.74, 6) is 0.623. The second-order valence-electron chi connectivity index (χ2n) is 3.09. The Labute approximate surface area is 80.5 Å². The maximum atomic E-state index is 4.37. The van der Waals surface area contributed by atoms with Gasteiger partial charge in [0.2, 0.25) is 0 Å². The lowest BCUT2D eigenvalue weighted by Gasteiger charge is -2.06. The van der Waals surface area contributed by atoms with Crippen LogP contribution in [0.3, 0.4) is 0 Å². The molecule has 1 saturated heterocycles. The monoisotopic (exact) mass is 226 g/mol. The molecule has 2 nitrogen and oxygen atoms in total. The first-order chi connectivity index (χ1) is 5.86. The summed E-state index contributed by atoms with van der Waals surface area (Å²) < 4.78 is 1.05. The van der Waals surface area contributed by atoms with Crippen molar-refractivity contribution in [3.8, 4) is 0 Å². The summed E-state index contributed by atoms with van der Waals surface area (Å²) in [6, 6.07) is 4.16. The maximum absolute atomic E-state index is 4.37. The van der Waals surface area contributed by atoms with Crippen LogP contribution in [0.1, 0.15) is 18.0 Å². The number of nitrogens with one attached hydrogen (secondary N) is 1. The van der Waals surface area contributed by atoms with Crippen molar-refractivity contribution in [2.75, 3.05) is 13.1 Å². The van der Waals surface area contributed by atoms with Gasteiger partial charge in [0, 0.05) is 28.8 Å². The zero-order valence-electron chi connectivity index (χ0n) is 6.76. The van der Waals surface area contributed by atoms with Gasteiger partial charge >= 0.3 is 0 Å². The molecule has 0 aromatic carbocycles. The third-order valence-corrected chi connectivity index (χ3v) is 2.70. The van der Waals surface area contributed by atoms with Crippen molar-refractivity contribution >= 4 is 15.9 Å². The van der Waals surface area contributed by atoms with E-state index in [-0.39, 0.29) is 0 Å². The zero-order valence-corrected chi connectivity index (χ0v) is 8.34. The van der Waals surface area contributed by atoms with Crippen molar-refractivity contribution in [1.29, 1.82) is 0 Å². The van der Waals surface area contributed by atoms with Gasteiger partial charge in [-0.05, 0) is 41.0 Å². The van der Waals surface area contributed by atoms with E-state index >= 15 is 0 Å². The Morgan fingerprint density at radius 1 is 1.50 bits per heavy atom. The number of halogens is 1. The second kappa shape index (κ2) is 3.54. The number of pyridine rings is 1. The largest absolute Gasteiger partial charge is 0.316 e. The van der Waals surface area contributed by atoms with Crippen LogP contribution >= 0.6 is 15.9 Å². The van der Waals surface area contributed by atoms with Crippen LogP contribution in [-0.4, -0.2) is 18.1 Å². The number of hydrogen-bond donors (Lipinski definition) is 1. The smallest absolute Gasteiger partial charge is 0.0448 e. The van der Waals surface area contributed by atoms with Gasteiger partial charge in [-0.1, -0.05) is 0 Å². The summed E-state index contributed by atoms with van der Waals surface area (Å²) >= 11 is 3.38. The standard InChI is InChI=1S/C9H11BrN2/c10-8-1-2-9(12-6-8)7-3-4-11-5-7/h1-2,6-7,11H,3-5H2/t7-/m0/s1. The minimum atomic E-state index is 0.623. The van der Waals surface area contributed by atoms with Crippen LogP contribution < -0.4 is 5.32 Å². The number of rotatable bonds is 1. The van der Waals surface area contributed by atoms with Gasteiger partial charge in [0.05, 0.1) is 0 Å². The predicted octanol–water partition coefficient (Wildman–Crippen LogP) is 1.92. The summed E-state index contributed by atoms with van der Waals surface area (Å²) in [6.07, 6.45) is 3.09. The van der Waals surface area contributed by atoms with Crippen LogP contribution in [0.5, 0.6) is 0 Å². The summed E-state index contributed by atoms with van der Waals surface area (Å²) in [5.41, 5.74) is 1.21.